The Morgan fingerprint density at radius 3 is 1.93 bits per heavy atom. The number of hydrogen-bond donors (Lipinski definition) is 3. The first-order valence-electron chi connectivity index (χ1n) is 8.92. The Balaban J connectivity index is 3.46. The molecule has 160 valence electrons. The number of amides is 1. The van der Waals surface area contributed by atoms with Gasteiger partial charge in [0.05, 0.1) is 0 Å². The Bertz CT molecular complexity index is 771. The zero-order valence-corrected chi connectivity index (χ0v) is 19.7. The highest BCUT2D eigenvalue weighted by Crippen LogP contribution is 2.80. The van der Waals surface area contributed by atoms with Crippen molar-refractivity contribution in [1.29, 1.82) is 0 Å². The second kappa shape index (κ2) is 9.59. The topological polar surface area (TPSA) is 107 Å². The number of alkyl halides is 2. The minimum absolute atomic E-state index is 0.0811. The minimum atomic E-state index is -4.93. The Kier molecular flexibility index (Phi) is 8.77. The summed E-state index contributed by atoms with van der Waals surface area (Å²) in [4.78, 5) is 34.3. The van der Waals surface area contributed by atoms with Gasteiger partial charge in [0, 0.05) is 18.7 Å². The van der Waals surface area contributed by atoms with Gasteiger partial charge in [0.2, 0.25) is 0 Å². The van der Waals surface area contributed by atoms with Gasteiger partial charge >= 0.3 is 18.9 Å². The highest BCUT2D eigenvalue weighted by atomic mass is 35.5. The Hall–Kier alpha value is -0.430. The van der Waals surface area contributed by atoms with Crippen LogP contribution >= 0.6 is 38.2 Å². The number of halogens is 2. The second-order valence-corrected chi connectivity index (χ2v) is 13.7. The van der Waals surface area contributed by atoms with Crippen molar-refractivity contribution < 1.29 is 28.1 Å². The first-order chi connectivity index (χ1) is 12.9. The van der Waals surface area contributed by atoms with Crippen LogP contribution in [0.4, 0.5) is 0 Å². The molecule has 8 nitrogen and oxygen atoms in total. The molecule has 0 bridgehead atoms. The summed E-state index contributed by atoms with van der Waals surface area (Å²) < 4.78 is 23.8. The third-order valence-corrected chi connectivity index (χ3v) is 13.4. The maximum absolute atomic E-state index is 13.6. The van der Waals surface area contributed by atoms with Gasteiger partial charge < -0.3 is 4.89 Å². The highest BCUT2D eigenvalue weighted by Gasteiger charge is 2.71. The molecule has 0 saturated heterocycles. The zero-order chi connectivity index (χ0) is 21.8. The number of rotatable bonds is 10. The molecule has 1 aromatic rings. The van der Waals surface area contributed by atoms with Gasteiger partial charge in [-0.15, -0.1) is 0 Å². The fraction of sp³-hybridized carbons (Fsp3) is 0.562. The van der Waals surface area contributed by atoms with Crippen LogP contribution in [0.3, 0.4) is 0 Å². The van der Waals surface area contributed by atoms with Gasteiger partial charge in [0.15, 0.2) is 0 Å². The van der Waals surface area contributed by atoms with Crippen molar-refractivity contribution in [2.45, 2.75) is 31.5 Å². The van der Waals surface area contributed by atoms with Crippen molar-refractivity contribution in [1.82, 2.24) is 10.1 Å². The van der Waals surface area contributed by atoms with E-state index in [1.165, 1.54) is 0 Å². The van der Waals surface area contributed by atoms with E-state index in [-0.39, 0.29) is 31.7 Å². The first-order valence-corrected chi connectivity index (χ1v) is 12.9. The zero-order valence-electron chi connectivity index (χ0n) is 16.4. The normalized spacial score (nSPS) is 17.0. The summed E-state index contributed by atoms with van der Waals surface area (Å²) in [6, 6.07) is 8.10. The fourth-order valence-electron chi connectivity index (χ4n) is 2.85. The van der Waals surface area contributed by atoms with Gasteiger partial charge in [-0.1, -0.05) is 55.2 Å². The summed E-state index contributed by atoms with van der Waals surface area (Å²) >= 11 is 12.3. The van der Waals surface area contributed by atoms with E-state index < -0.39 is 29.1 Å². The smallest absolute Gasteiger partial charge is 0.331 e. The number of hydrogen-bond acceptors (Lipinski definition) is 3. The average molecular weight is 475 g/mol. The van der Waals surface area contributed by atoms with Crippen LogP contribution in [0, 0.1) is 0 Å². The van der Waals surface area contributed by atoms with E-state index >= 15 is 0 Å². The molecule has 1 aromatic carbocycles. The fourth-order valence-corrected chi connectivity index (χ4v) is 9.17. The van der Waals surface area contributed by atoms with Crippen molar-refractivity contribution in [3.8, 4) is 0 Å². The lowest BCUT2D eigenvalue weighted by molar-refractivity contribution is -0.850. The monoisotopic (exact) mass is 474 g/mol. The van der Waals surface area contributed by atoms with Gasteiger partial charge in [-0.2, -0.15) is 9.79 Å². The lowest BCUT2D eigenvalue weighted by Crippen LogP contribution is -2.59. The van der Waals surface area contributed by atoms with Crippen molar-refractivity contribution in [3.05, 3.63) is 35.9 Å². The van der Waals surface area contributed by atoms with Crippen LogP contribution in [0.25, 0.3) is 0 Å². The molecule has 1 rings (SSSR count). The molecule has 0 fully saturated rings. The van der Waals surface area contributed by atoms with E-state index in [9.17, 15) is 23.7 Å². The van der Waals surface area contributed by atoms with Crippen LogP contribution < -0.4 is 5.43 Å². The minimum Gasteiger partial charge on any atom is -0.331 e. The van der Waals surface area contributed by atoms with Crippen LogP contribution in [0.15, 0.2) is 30.3 Å². The van der Waals surface area contributed by atoms with Crippen molar-refractivity contribution in [3.63, 3.8) is 0 Å². The molecule has 1 amide bonds. The first kappa shape index (κ1) is 25.6. The number of nitrogens with zero attached hydrogens (tertiary/aromatic N) is 2. The number of nitrogens with one attached hydrogen (secondary N) is 1. The molecule has 2 unspecified atom stereocenters. The van der Waals surface area contributed by atoms with Crippen molar-refractivity contribution >= 4 is 44.1 Å². The second-order valence-electron chi connectivity index (χ2n) is 6.10. The van der Waals surface area contributed by atoms with E-state index in [1.807, 2.05) is 0 Å². The van der Waals surface area contributed by atoms with E-state index in [4.69, 9.17) is 23.2 Å². The SMILES string of the molecule is CCN(CC)P(=O)(O)C(Cl)(Cl)P(=O)(O)[N+](CC)(CC)NC(=O)c1ccccc1. The summed E-state index contributed by atoms with van der Waals surface area (Å²) in [5.74, 6) is -0.627. The van der Waals surface area contributed by atoms with E-state index in [0.29, 0.717) is 0 Å². The molecule has 3 N–H and O–H groups in total. The Morgan fingerprint density at radius 2 is 1.54 bits per heavy atom. The number of carbonyl (C=O) groups excluding carboxylic acids is 1. The molecule has 0 spiro atoms. The predicted molar refractivity (Wildman–Crippen MR) is 112 cm³/mol. The standard InChI is InChI=1S/C16H27Cl2N3O5P2/c1-5-20(6-2)27(23,24)16(17,18)28(25,26)21(7-3,8-4)19-15(22)14-12-10-9-11-13-14/h9-13H,5-8H2,1-4H3,(H2-,19,22,23,24,25,26)/p+1. The quantitative estimate of drug-likeness (QED) is 0.269. The molecule has 0 aliphatic rings. The van der Waals surface area contributed by atoms with Gasteiger partial charge in [-0.3, -0.25) is 14.3 Å². The lowest BCUT2D eigenvalue weighted by Gasteiger charge is -2.44. The molecule has 0 aromatic heterocycles. The predicted octanol–water partition coefficient (Wildman–Crippen LogP) is 3.99. The molecule has 0 aliphatic carbocycles. The maximum Gasteiger partial charge on any atom is 0.449 e. The molecule has 0 heterocycles. The third kappa shape index (κ3) is 4.35. The van der Waals surface area contributed by atoms with E-state index in [1.54, 1.807) is 58.0 Å². The summed E-state index contributed by atoms with van der Waals surface area (Å²) in [7, 11) is -9.61. The van der Waals surface area contributed by atoms with Gasteiger partial charge in [0.1, 0.15) is 13.1 Å². The average Bonchev–Trinajstić information content (AvgIpc) is 2.66. The van der Waals surface area contributed by atoms with Crippen molar-refractivity contribution in [2.75, 3.05) is 26.2 Å². The van der Waals surface area contributed by atoms with Crippen LogP contribution in [0.2, 0.25) is 0 Å². The highest BCUT2D eigenvalue weighted by molar-refractivity contribution is 7.80. The Labute approximate surface area is 176 Å². The van der Waals surface area contributed by atoms with Crippen LogP contribution in [-0.2, 0) is 9.13 Å². The summed E-state index contributed by atoms with van der Waals surface area (Å²) in [6.07, 6.45) is 0. The van der Waals surface area contributed by atoms with Crippen LogP contribution in [0.5, 0.6) is 0 Å². The van der Waals surface area contributed by atoms with Crippen molar-refractivity contribution in [2.24, 2.45) is 0 Å². The molecular weight excluding hydrogens is 447 g/mol. The maximum atomic E-state index is 13.6. The van der Waals surface area contributed by atoms with Gasteiger partial charge in [0.25, 0.3) is 5.91 Å². The molecule has 28 heavy (non-hydrogen) atoms. The summed E-state index contributed by atoms with van der Waals surface area (Å²) in [6.45, 7) is 6.36. The van der Waals surface area contributed by atoms with Crippen LogP contribution in [-0.4, -0.2) is 54.7 Å². The number of carbonyl (C=O) groups is 1. The molecule has 0 aliphatic heterocycles. The molecule has 2 atom stereocenters. The van der Waals surface area contributed by atoms with Crippen LogP contribution in [0.1, 0.15) is 38.1 Å². The van der Waals surface area contributed by atoms with E-state index in [2.05, 4.69) is 5.43 Å². The largest absolute Gasteiger partial charge is 0.449 e. The van der Waals surface area contributed by atoms with Gasteiger partial charge in [-0.05, 0) is 26.0 Å². The molecule has 0 saturated carbocycles. The summed E-state index contributed by atoms with van der Waals surface area (Å²) in [5, 5.41) is 0. The molecule has 0 radical (unpaired) electrons. The lowest BCUT2D eigenvalue weighted by atomic mass is 10.2. The molecular formula is C16H28Cl2N3O5P2+. The number of benzene rings is 1. The number of quaternary nitrogens is 1. The summed E-state index contributed by atoms with van der Waals surface area (Å²) in [5.41, 5.74) is 2.77. The Morgan fingerprint density at radius 1 is 1.07 bits per heavy atom. The third-order valence-electron chi connectivity index (χ3n) is 4.73. The van der Waals surface area contributed by atoms with Gasteiger partial charge in [-0.25, -0.2) is 9.24 Å². The van der Waals surface area contributed by atoms with E-state index in [0.717, 1.165) is 4.67 Å². The molecule has 12 heteroatoms.